The molecule has 1 unspecified atom stereocenters. The monoisotopic (exact) mass is 677 g/mol. The fourth-order valence-electron chi connectivity index (χ4n) is 5.47. The van der Waals surface area contributed by atoms with Crippen molar-refractivity contribution < 1.29 is 56.1 Å². The van der Waals surface area contributed by atoms with Gasteiger partial charge in [0.25, 0.3) is 5.91 Å². The summed E-state index contributed by atoms with van der Waals surface area (Å²) in [7, 11) is -11.0. The van der Waals surface area contributed by atoms with Gasteiger partial charge in [-0.15, -0.1) is 0 Å². The van der Waals surface area contributed by atoms with E-state index >= 15 is 0 Å². The van der Waals surface area contributed by atoms with E-state index in [1.165, 1.54) is 6.92 Å². The predicted octanol–water partition coefficient (Wildman–Crippen LogP) is 6.23. The number of β-amino-alcohol motifs (C(OH)–C–C–N with tert-alkyl or cyclic N) is 1. The number of likely N-dealkylation sites (tertiary alicyclic amines) is 1. The number of nitrogens with one attached hydrogen (secondary N) is 1. The molecule has 2 N–H and O–H groups in total. The molecular formula is C26H25F10N5O3S. The minimum absolute atomic E-state index is 0.168. The van der Waals surface area contributed by atoms with Crippen LogP contribution in [0.2, 0.25) is 0 Å². The molecule has 2 fully saturated rings. The Morgan fingerprint density at radius 3 is 2.18 bits per heavy atom. The second kappa shape index (κ2) is 10.6. The number of hydrogen-bond donors (Lipinski definition) is 2. The fraction of sp³-hybridized carbons (Fsp3) is 0.462. The maximum atomic E-state index is 14.8. The number of nitriles is 1. The van der Waals surface area contributed by atoms with Gasteiger partial charge in [0.1, 0.15) is 17.9 Å². The van der Waals surface area contributed by atoms with Gasteiger partial charge >= 0.3 is 10.2 Å². The zero-order valence-electron chi connectivity index (χ0n) is 23.1. The van der Waals surface area contributed by atoms with Gasteiger partial charge in [-0.25, -0.2) is 22.0 Å². The molecular weight excluding hydrogens is 652 g/mol. The quantitative estimate of drug-likeness (QED) is 0.266. The molecule has 1 saturated carbocycles. The standard InChI is InChI=1S/C26H25F10N5O3S/c1-25(44)9-20(40(12-25)13-37)24(43)41(17-7-18(28)22(19(29)8-17)45(32,33,34,35)36)21(14-6-15(27)11-38-10-14)23(42)39-16-2-4-26(30,31)5-3-16/h6-8,10-11,16,20-21,44H,2-5,9,12H2,1H3,(H,39,42)/t20-,21?,25-/m1/s1. The van der Waals surface area contributed by atoms with Gasteiger partial charge in [-0.05, 0) is 38.0 Å². The number of alkyl halides is 2. The molecule has 2 amide bonds. The summed E-state index contributed by atoms with van der Waals surface area (Å²) in [6, 6.07) is -4.88. The van der Waals surface area contributed by atoms with Crippen molar-refractivity contribution in [2.75, 3.05) is 11.4 Å². The molecule has 2 aromatic rings. The number of halogens is 10. The van der Waals surface area contributed by atoms with Crippen molar-refractivity contribution in [3.63, 3.8) is 0 Å². The summed E-state index contributed by atoms with van der Waals surface area (Å²) in [6.07, 6.45) is 0.626. The van der Waals surface area contributed by atoms with E-state index < -0.39 is 111 Å². The second-order valence-corrected chi connectivity index (χ2v) is 13.7. The van der Waals surface area contributed by atoms with Gasteiger partial charge in [0.05, 0.1) is 24.0 Å². The van der Waals surface area contributed by atoms with Gasteiger partial charge in [0.15, 0.2) is 22.7 Å². The van der Waals surface area contributed by atoms with E-state index in [0.29, 0.717) is 17.2 Å². The summed E-state index contributed by atoms with van der Waals surface area (Å²) in [6.45, 7) is 0.728. The number of amides is 2. The molecule has 1 aromatic carbocycles. The molecule has 3 atom stereocenters. The lowest BCUT2D eigenvalue weighted by Crippen LogP contribution is -2.52. The Balaban J connectivity index is 1.91. The average Bonchev–Trinajstić information content (AvgIpc) is 3.20. The van der Waals surface area contributed by atoms with Crippen molar-refractivity contribution in [3.8, 4) is 6.19 Å². The largest absolute Gasteiger partial charge is 0.388 e. The first-order valence-electron chi connectivity index (χ1n) is 13.1. The van der Waals surface area contributed by atoms with Crippen LogP contribution in [-0.2, 0) is 9.59 Å². The second-order valence-electron chi connectivity index (χ2n) is 11.3. The van der Waals surface area contributed by atoms with Crippen LogP contribution in [0.4, 0.5) is 47.1 Å². The van der Waals surface area contributed by atoms with E-state index in [9.17, 15) is 61.3 Å². The highest BCUT2D eigenvalue weighted by Gasteiger charge is 2.69. The van der Waals surface area contributed by atoms with E-state index in [-0.39, 0.29) is 29.9 Å². The lowest BCUT2D eigenvalue weighted by Gasteiger charge is -2.41. The van der Waals surface area contributed by atoms with Gasteiger partial charge in [0, 0.05) is 37.1 Å². The van der Waals surface area contributed by atoms with Crippen LogP contribution in [0.3, 0.4) is 0 Å². The summed E-state index contributed by atoms with van der Waals surface area (Å²) < 4.78 is 139. The summed E-state index contributed by atoms with van der Waals surface area (Å²) in [5.41, 5.74) is -3.51. The molecule has 45 heavy (non-hydrogen) atoms. The smallest absolute Gasteiger partial charge is 0.315 e. The zero-order valence-corrected chi connectivity index (χ0v) is 23.9. The molecule has 1 saturated heterocycles. The van der Waals surface area contributed by atoms with Crippen LogP contribution in [0.15, 0.2) is 35.5 Å². The molecule has 19 heteroatoms. The van der Waals surface area contributed by atoms with E-state index in [0.717, 1.165) is 6.20 Å². The summed E-state index contributed by atoms with van der Waals surface area (Å²) in [5.74, 6) is -12.6. The Labute approximate surface area is 249 Å². The van der Waals surface area contributed by atoms with Gasteiger partial charge in [-0.1, -0.05) is 19.4 Å². The number of aromatic nitrogens is 1. The van der Waals surface area contributed by atoms with Crippen molar-refractivity contribution in [2.45, 2.75) is 73.6 Å². The minimum Gasteiger partial charge on any atom is -0.388 e. The average molecular weight is 678 g/mol. The van der Waals surface area contributed by atoms with Crippen molar-refractivity contribution in [2.24, 2.45) is 0 Å². The normalized spacial score (nSPS) is 24.2. The third-order valence-electron chi connectivity index (χ3n) is 7.43. The lowest BCUT2D eigenvalue weighted by atomic mass is 9.91. The SMILES string of the molecule is C[C@@]1(O)C[C@H](C(=O)N(c2cc(F)c(S(F)(F)(F)(F)F)c(F)c2)C(C(=O)NC2CCC(F)(F)CC2)c2cncc(F)c2)N(C#N)C1. The molecule has 0 radical (unpaired) electrons. The maximum absolute atomic E-state index is 14.8. The van der Waals surface area contributed by atoms with Gasteiger partial charge in [0.2, 0.25) is 11.8 Å². The molecule has 1 aliphatic heterocycles. The lowest BCUT2D eigenvalue weighted by molar-refractivity contribution is -0.129. The van der Waals surface area contributed by atoms with Gasteiger partial charge in [-0.3, -0.25) is 24.4 Å². The van der Waals surface area contributed by atoms with E-state index in [1.807, 2.05) is 0 Å². The molecule has 1 aromatic heterocycles. The molecule has 0 bridgehead atoms. The van der Waals surface area contributed by atoms with Crippen LogP contribution in [-0.4, -0.2) is 57.0 Å². The third kappa shape index (κ3) is 7.54. The Bertz CT molecular complexity index is 1540. The topological polar surface area (TPSA) is 110 Å². The van der Waals surface area contributed by atoms with Gasteiger partial charge in [-0.2, -0.15) is 5.26 Å². The van der Waals surface area contributed by atoms with Crippen LogP contribution in [0, 0.1) is 28.9 Å². The Morgan fingerprint density at radius 2 is 1.67 bits per heavy atom. The number of aliphatic hydroxyl groups is 1. The van der Waals surface area contributed by atoms with Crippen molar-refractivity contribution in [1.29, 1.82) is 5.26 Å². The number of carbonyl (C=O) groups is 2. The summed E-state index contributed by atoms with van der Waals surface area (Å²) in [5, 5.41) is 22.4. The number of rotatable bonds is 7. The number of benzene rings is 1. The van der Waals surface area contributed by atoms with Crippen molar-refractivity contribution >= 4 is 27.7 Å². The molecule has 248 valence electrons. The highest BCUT2D eigenvalue weighted by molar-refractivity contribution is 8.45. The molecule has 2 heterocycles. The number of nitrogens with zero attached hydrogens (tertiary/aromatic N) is 4. The van der Waals surface area contributed by atoms with Crippen LogP contribution in [0.1, 0.15) is 50.6 Å². The van der Waals surface area contributed by atoms with Crippen molar-refractivity contribution in [1.82, 2.24) is 15.2 Å². The first-order valence-corrected chi connectivity index (χ1v) is 15.1. The number of pyridine rings is 1. The first kappa shape index (κ1) is 34.1. The van der Waals surface area contributed by atoms with E-state index in [1.54, 1.807) is 6.19 Å². The molecule has 4 rings (SSSR count). The first-order chi connectivity index (χ1) is 20.4. The molecule has 2 aliphatic rings. The van der Waals surface area contributed by atoms with Crippen LogP contribution in [0.25, 0.3) is 0 Å². The van der Waals surface area contributed by atoms with Gasteiger partial charge < -0.3 is 10.4 Å². The maximum Gasteiger partial charge on any atom is 0.315 e. The fourth-order valence-corrected chi connectivity index (χ4v) is 6.33. The molecule has 8 nitrogen and oxygen atoms in total. The highest BCUT2D eigenvalue weighted by atomic mass is 32.5. The predicted molar refractivity (Wildman–Crippen MR) is 139 cm³/mol. The number of carbonyl (C=O) groups excluding carboxylic acids is 2. The minimum atomic E-state index is -11.0. The third-order valence-corrected chi connectivity index (χ3v) is 8.59. The molecule has 0 spiro atoms. The summed E-state index contributed by atoms with van der Waals surface area (Å²) >= 11 is 0. The Kier molecular flexibility index (Phi) is 8.06. The van der Waals surface area contributed by atoms with E-state index in [2.05, 4.69) is 10.3 Å². The highest BCUT2D eigenvalue weighted by Crippen LogP contribution is 3.02. The van der Waals surface area contributed by atoms with E-state index in [4.69, 9.17) is 0 Å². The molecule has 1 aliphatic carbocycles. The number of hydrogen-bond acceptors (Lipinski definition) is 6. The number of anilines is 1. The van der Waals surface area contributed by atoms with Crippen molar-refractivity contribution in [3.05, 3.63) is 53.6 Å². The zero-order chi connectivity index (χ0) is 33.8. The Hall–Kier alpha value is -3.79. The van der Waals surface area contributed by atoms with Crippen LogP contribution < -0.4 is 10.2 Å². The summed E-state index contributed by atoms with van der Waals surface area (Å²) in [4.78, 5) is 28.7. The van der Waals surface area contributed by atoms with Crippen LogP contribution >= 0.6 is 10.2 Å². The van der Waals surface area contributed by atoms with Crippen LogP contribution in [0.5, 0.6) is 0 Å². The Morgan fingerprint density at radius 1 is 1.09 bits per heavy atom.